The summed E-state index contributed by atoms with van der Waals surface area (Å²) < 4.78 is 0. The standard InChI is InChI=1S/C24H29N5O7/c25-17(10-14-4-2-1-3-5-14)22(33)27-13-21(32)28-18(12-20(26)31)23(34)29-19(24(35)36)11-15-6-8-16(30)9-7-15/h1-9,17-19,30H,10-13,25H2,(H2,26,31)(H,27,33)(H,28,32)(H,29,34)(H,35,36)/t17-,18-,19-/m0/s1. The summed E-state index contributed by atoms with van der Waals surface area (Å²) in [6.07, 6.45) is -0.461. The second-order valence-electron chi connectivity index (χ2n) is 8.07. The van der Waals surface area contributed by atoms with Crippen molar-refractivity contribution >= 4 is 29.6 Å². The average Bonchev–Trinajstić information content (AvgIpc) is 2.83. The molecule has 2 rings (SSSR count). The molecule has 0 heterocycles. The molecule has 4 amide bonds. The molecular formula is C24H29N5O7. The number of carboxylic acids is 1. The van der Waals surface area contributed by atoms with Crippen LogP contribution in [0, 0.1) is 0 Å². The number of phenolic OH excluding ortho intramolecular Hbond substituents is 1. The lowest BCUT2D eigenvalue weighted by Crippen LogP contribution is -2.55. The Morgan fingerprint density at radius 3 is 2.00 bits per heavy atom. The van der Waals surface area contributed by atoms with Crippen molar-refractivity contribution in [3.05, 3.63) is 65.7 Å². The fraction of sp³-hybridized carbons (Fsp3) is 0.292. The van der Waals surface area contributed by atoms with E-state index in [4.69, 9.17) is 11.5 Å². The second-order valence-corrected chi connectivity index (χ2v) is 8.07. The van der Waals surface area contributed by atoms with Gasteiger partial charge in [0.1, 0.15) is 17.8 Å². The van der Waals surface area contributed by atoms with Crippen LogP contribution in [-0.4, -0.2) is 64.5 Å². The molecule has 0 aliphatic carbocycles. The van der Waals surface area contributed by atoms with Crippen molar-refractivity contribution in [2.24, 2.45) is 11.5 Å². The zero-order chi connectivity index (χ0) is 26.7. The highest BCUT2D eigenvalue weighted by Gasteiger charge is 2.28. The fourth-order valence-electron chi connectivity index (χ4n) is 3.26. The molecule has 192 valence electrons. The summed E-state index contributed by atoms with van der Waals surface area (Å²) in [7, 11) is 0. The molecule has 0 saturated heterocycles. The summed E-state index contributed by atoms with van der Waals surface area (Å²) >= 11 is 0. The normalized spacial score (nSPS) is 13.0. The number of nitrogens with one attached hydrogen (secondary N) is 3. The summed E-state index contributed by atoms with van der Waals surface area (Å²) in [5.74, 6) is -4.60. The number of primary amides is 1. The van der Waals surface area contributed by atoms with Crippen molar-refractivity contribution in [3.63, 3.8) is 0 Å². The van der Waals surface area contributed by atoms with E-state index in [1.807, 2.05) is 6.07 Å². The smallest absolute Gasteiger partial charge is 0.326 e. The van der Waals surface area contributed by atoms with Gasteiger partial charge in [-0.1, -0.05) is 42.5 Å². The summed E-state index contributed by atoms with van der Waals surface area (Å²) in [6, 6.07) is 11.0. The Kier molecular flexibility index (Phi) is 10.4. The number of hydrogen-bond donors (Lipinski definition) is 7. The van der Waals surface area contributed by atoms with Crippen molar-refractivity contribution in [1.82, 2.24) is 16.0 Å². The van der Waals surface area contributed by atoms with Crippen LogP contribution in [-0.2, 0) is 36.8 Å². The van der Waals surface area contributed by atoms with Crippen LogP contribution in [0.5, 0.6) is 5.75 Å². The Morgan fingerprint density at radius 2 is 1.42 bits per heavy atom. The van der Waals surface area contributed by atoms with Gasteiger partial charge in [0.25, 0.3) is 0 Å². The molecule has 0 aromatic heterocycles. The van der Waals surface area contributed by atoms with Crippen LogP contribution in [0.4, 0.5) is 0 Å². The molecule has 0 aliphatic rings. The van der Waals surface area contributed by atoms with Gasteiger partial charge in [0, 0.05) is 6.42 Å². The summed E-state index contributed by atoms with van der Waals surface area (Å²) in [6.45, 7) is -0.528. The molecule has 2 aromatic rings. The number of amides is 4. The van der Waals surface area contributed by atoms with Crippen LogP contribution in [0.1, 0.15) is 17.5 Å². The van der Waals surface area contributed by atoms with Gasteiger partial charge >= 0.3 is 5.97 Å². The van der Waals surface area contributed by atoms with E-state index in [2.05, 4.69) is 16.0 Å². The minimum Gasteiger partial charge on any atom is -0.508 e. The molecule has 9 N–H and O–H groups in total. The van der Waals surface area contributed by atoms with E-state index in [1.54, 1.807) is 24.3 Å². The largest absolute Gasteiger partial charge is 0.508 e. The first-order valence-corrected chi connectivity index (χ1v) is 11.0. The minimum absolute atomic E-state index is 0.00740. The number of aliphatic carboxylic acids is 1. The predicted octanol–water partition coefficient (Wildman–Crippen LogP) is -1.45. The first kappa shape index (κ1) is 27.8. The van der Waals surface area contributed by atoms with Crippen LogP contribution < -0.4 is 27.4 Å². The number of hydrogen-bond acceptors (Lipinski definition) is 7. The Labute approximate surface area is 207 Å². The molecule has 0 spiro atoms. The molecule has 12 heteroatoms. The lowest BCUT2D eigenvalue weighted by atomic mass is 10.0. The number of nitrogens with two attached hydrogens (primary N) is 2. The lowest BCUT2D eigenvalue weighted by Gasteiger charge is -2.21. The van der Waals surface area contributed by atoms with Crippen LogP contribution in [0.25, 0.3) is 0 Å². The third kappa shape index (κ3) is 9.43. The van der Waals surface area contributed by atoms with Crippen LogP contribution in [0.3, 0.4) is 0 Å². The Bertz CT molecular complexity index is 1080. The van der Waals surface area contributed by atoms with E-state index in [0.29, 0.717) is 5.56 Å². The number of carbonyl (C=O) groups excluding carboxylic acids is 4. The Morgan fingerprint density at radius 1 is 0.806 bits per heavy atom. The van der Waals surface area contributed by atoms with Gasteiger partial charge in [0.2, 0.25) is 23.6 Å². The van der Waals surface area contributed by atoms with E-state index in [9.17, 15) is 34.2 Å². The molecule has 0 aliphatic heterocycles. The van der Waals surface area contributed by atoms with Crippen LogP contribution in [0.2, 0.25) is 0 Å². The Balaban J connectivity index is 1.94. The van der Waals surface area contributed by atoms with Crippen LogP contribution in [0.15, 0.2) is 54.6 Å². The fourth-order valence-corrected chi connectivity index (χ4v) is 3.26. The minimum atomic E-state index is -1.47. The summed E-state index contributed by atoms with van der Waals surface area (Å²) in [5.41, 5.74) is 12.4. The number of carboxylic acid groups (broad SMARTS) is 1. The SMILES string of the molecule is NC(=O)C[C@H](NC(=O)CNC(=O)[C@@H](N)Cc1ccccc1)C(=O)N[C@@H](Cc1ccc(O)cc1)C(=O)O. The van der Waals surface area contributed by atoms with Gasteiger partial charge in [-0.25, -0.2) is 4.79 Å². The number of carbonyl (C=O) groups is 5. The highest BCUT2D eigenvalue weighted by atomic mass is 16.4. The lowest BCUT2D eigenvalue weighted by molar-refractivity contribution is -0.142. The van der Waals surface area contributed by atoms with Crippen molar-refractivity contribution < 1.29 is 34.2 Å². The van der Waals surface area contributed by atoms with Crippen LogP contribution >= 0.6 is 0 Å². The highest BCUT2D eigenvalue weighted by molar-refractivity contribution is 5.95. The summed E-state index contributed by atoms with van der Waals surface area (Å²) in [4.78, 5) is 60.3. The van der Waals surface area contributed by atoms with Gasteiger partial charge in [0.15, 0.2) is 0 Å². The van der Waals surface area contributed by atoms with Crippen molar-refractivity contribution in [3.8, 4) is 5.75 Å². The predicted molar refractivity (Wildman–Crippen MR) is 128 cm³/mol. The quantitative estimate of drug-likeness (QED) is 0.173. The molecule has 12 nitrogen and oxygen atoms in total. The maximum absolute atomic E-state index is 12.7. The number of benzene rings is 2. The monoisotopic (exact) mass is 499 g/mol. The molecule has 2 aromatic carbocycles. The topological polar surface area (TPSA) is 214 Å². The van der Waals surface area contributed by atoms with Gasteiger partial charge in [-0.2, -0.15) is 0 Å². The number of rotatable bonds is 13. The van der Waals surface area contributed by atoms with Gasteiger partial charge < -0.3 is 37.6 Å². The maximum Gasteiger partial charge on any atom is 0.326 e. The van der Waals surface area contributed by atoms with Gasteiger partial charge in [0.05, 0.1) is 19.0 Å². The zero-order valence-electron chi connectivity index (χ0n) is 19.3. The second kappa shape index (κ2) is 13.4. The highest BCUT2D eigenvalue weighted by Crippen LogP contribution is 2.11. The first-order valence-electron chi connectivity index (χ1n) is 11.0. The molecule has 0 bridgehead atoms. The van der Waals surface area contributed by atoms with E-state index < -0.39 is 60.7 Å². The molecular weight excluding hydrogens is 470 g/mol. The van der Waals surface area contributed by atoms with Gasteiger partial charge in [-0.05, 0) is 29.7 Å². The van der Waals surface area contributed by atoms with Gasteiger partial charge in [-0.3, -0.25) is 19.2 Å². The Hall–Kier alpha value is -4.45. The molecule has 0 unspecified atom stereocenters. The van der Waals surface area contributed by atoms with E-state index >= 15 is 0 Å². The third-order valence-electron chi connectivity index (χ3n) is 5.11. The van der Waals surface area contributed by atoms with Crippen molar-refractivity contribution in [2.45, 2.75) is 37.4 Å². The van der Waals surface area contributed by atoms with Crippen molar-refractivity contribution in [1.29, 1.82) is 0 Å². The molecule has 0 fully saturated rings. The first-order chi connectivity index (χ1) is 17.0. The van der Waals surface area contributed by atoms with E-state index in [-0.39, 0.29) is 18.6 Å². The third-order valence-corrected chi connectivity index (χ3v) is 5.11. The number of phenols is 1. The van der Waals surface area contributed by atoms with E-state index in [1.165, 1.54) is 24.3 Å². The molecule has 0 saturated carbocycles. The van der Waals surface area contributed by atoms with Crippen molar-refractivity contribution in [2.75, 3.05) is 6.54 Å². The number of aromatic hydroxyl groups is 1. The van der Waals surface area contributed by atoms with E-state index in [0.717, 1.165) is 5.56 Å². The summed E-state index contributed by atoms with van der Waals surface area (Å²) in [5, 5.41) is 25.7. The molecule has 36 heavy (non-hydrogen) atoms. The zero-order valence-corrected chi connectivity index (χ0v) is 19.3. The molecule has 3 atom stereocenters. The average molecular weight is 500 g/mol. The van der Waals surface area contributed by atoms with Gasteiger partial charge in [-0.15, -0.1) is 0 Å². The maximum atomic E-state index is 12.7. The molecule has 0 radical (unpaired) electrons.